The molecule has 2 aromatic carbocycles. The zero-order valence-electron chi connectivity index (χ0n) is 41.4. The number of benzene rings is 2. The SMILES string of the molecule is Brc1ncccn1.Cc1noc(C)c1-c1cc(C(=O)C2CCCO2)c2nc(C3CC3)n(C(=O)OC(C)(C)C)c2c1.Cc1noc(C)c1-c1cc(C(O)(c2ncccn2)C2CCCO2)c2nc(C3CC3)[nH]c2c1. The summed E-state index contributed by atoms with van der Waals surface area (Å²) in [4.78, 5) is 56.6. The molecule has 3 atom stereocenters. The molecule has 3 unspecified atom stereocenters. The Kier molecular flexibility index (Phi) is 13.5. The largest absolute Gasteiger partial charge is 0.443 e. The van der Waals surface area contributed by atoms with Gasteiger partial charge in [-0.15, -0.1) is 0 Å². The van der Waals surface area contributed by atoms with Crippen molar-refractivity contribution in [3.05, 3.63) is 117 Å². The van der Waals surface area contributed by atoms with Crippen LogP contribution < -0.4 is 0 Å². The molecule has 2 aliphatic heterocycles. The van der Waals surface area contributed by atoms with Crippen molar-refractivity contribution < 1.29 is 38.0 Å². The average molecular weight is 1040 g/mol. The molecule has 2 N–H and O–H groups in total. The van der Waals surface area contributed by atoms with Crippen LogP contribution in [0, 0.1) is 27.7 Å². The second-order valence-corrected chi connectivity index (χ2v) is 20.6. The van der Waals surface area contributed by atoms with Gasteiger partial charge in [-0.05, 0) is 163 Å². The van der Waals surface area contributed by atoms with Crippen LogP contribution in [0.5, 0.6) is 0 Å². The molecule has 374 valence electrons. The smallest absolute Gasteiger partial charge is 0.420 e. The lowest BCUT2D eigenvalue weighted by Gasteiger charge is -2.32. The quantitative estimate of drug-likeness (QED) is 0.101. The van der Waals surface area contributed by atoms with E-state index in [-0.39, 0.29) is 11.7 Å². The second kappa shape index (κ2) is 19.8. The molecule has 6 aromatic heterocycles. The van der Waals surface area contributed by atoms with Crippen LogP contribution in [0.15, 0.2) is 75.0 Å². The lowest BCUT2D eigenvalue weighted by atomic mass is 9.83. The average Bonchev–Trinajstić information content (AvgIpc) is 3.90. The van der Waals surface area contributed by atoms with Crippen LogP contribution in [0.3, 0.4) is 0 Å². The first kappa shape index (κ1) is 49.1. The first-order valence-corrected chi connectivity index (χ1v) is 25.3. The van der Waals surface area contributed by atoms with Crippen LogP contribution >= 0.6 is 15.9 Å². The van der Waals surface area contributed by atoms with E-state index in [4.69, 9.17) is 33.2 Å². The highest BCUT2D eigenvalue weighted by Crippen LogP contribution is 2.46. The number of hydrogen-bond donors (Lipinski definition) is 2. The topological polar surface area (TPSA) is 232 Å². The summed E-state index contributed by atoms with van der Waals surface area (Å²) in [7, 11) is 0. The predicted octanol–water partition coefficient (Wildman–Crippen LogP) is 10.5. The Morgan fingerprint density at radius 1 is 0.750 bits per heavy atom. The van der Waals surface area contributed by atoms with Gasteiger partial charge in [-0.3, -0.25) is 4.79 Å². The molecule has 0 amide bonds. The number of carbonyl (C=O) groups is 2. The molecule has 4 fully saturated rings. The maximum Gasteiger partial charge on any atom is 0.420 e. The molecule has 0 bridgehead atoms. The van der Waals surface area contributed by atoms with Crippen molar-refractivity contribution in [1.29, 1.82) is 0 Å². The Morgan fingerprint density at radius 2 is 1.36 bits per heavy atom. The maximum atomic E-state index is 13.5. The number of nitrogens with zero attached hydrogens (tertiary/aromatic N) is 9. The van der Waals surface area contributed by atoms with Crippen LogP contribution in [-0.4, -0.2) is 97.8 Å². The van der Waals surface area contributed by atoms with Crippen LogP contribution in [0.1, 0.15) is 140 Å². The van der Waals surface area contributed by atoms with Gasteiger partial charge >= 0.3 is 6.09 Å². The highest BCUT2D eigenvalue weighted by Gasteiger charge is 2.47. The van der Waals surface area contributed by atoms with Gasteiger partial charge in [-0.2, -0.15) is 0 Å². The summed E-state index contributed by atoms with van der Waals surface area (Å²) in [6.45, 7) is 14.2. The van der Waals surface area contributed by atoms with Gasteiger partial charge in [0, 0.05) is 72.1 Å². The van der Waals surface area contributed by atoms with E-state index < -0.39 is 29.5 Å². The fourth-order valence-corrected chi connectivity index (χ4v) is 9.87. The molecule has 72 heavy (non-hydrogen) atoms. The van der Waals surface area contributed by atoms with E-state index in [0.717, 1.165) is 89.1 Å². The van der Waals surface area contributed by atoms with Gasteiger partial charge in [0.05, 0.1) is 34.0 Å². The Balaban J connectivity index is 0.000000146. The van der Waals surface area contributed by atoms with E-state index >= 15 is 0 Å². The molecular weight excluding hydrogens is 985 g/mol. The third-order valence-electron chi connectivity index (χ3n) is 13.3. The third-order valence-corrected chi connectivity index (χ3v) is 13.7. The highest BCUT2D eigenvalue weighted by atomic mass is 79.9. The highest BCUT2D eigenvalue weighted by molar-refractivity contribution is 9.10. The maximum absolute atomic E-state index is 13.5. The second-order valence-electron chi connectivity index (χ2n) is 19.9. The molecule has 2 aliphatic carbocycles. The predicted molar refractivity (Wildman–Crippen MR) is 268 cm³/mol. The normalized spacial score (nSPS) is 18.6. The number of carbonyl (C=O) groups excluding carboxylic acids is 2. The molecule has 19 heteroatoms. The summed E-state index contributed by atoms with van der Waals surface area (Å²) in [6, 6.07) is 11.3. The number of fused-ring (bicyclic) bond motifs is 2. The third kappa shape index (κ3) is 9.86. The number of nitrogens with one attached hydrogen (secondary N) is 1. The summed E-state index contributed by atoms with van der Waals surface area (Å²) < 4.78 is 30.5. The Bertz CT molecular complexity index is 3230. The number of Topliss-reactive ketones (excluding diaryl/α,β-unsaturated/α-hetero) is 1. The van der Waals surface area contributed by atoms with E-state index in [1.807, 2.05) is 66.7 Å². The molecule has 0 spiro atoms. The van der Waals surface area contributed by atoms with E-state index in [1.54, 1.807) is 41.5 Å². The first-order chi connectivity index (χ1) is 34.6. The first-order valence-electron chi connectivity index (χ1n) is 24.5. The van der Waals surface area contributed by atoms with E-state index in [2.05, 4.69) is 57.2 Å². The van der Waals surface area contributed by atoms with Crippen molar-refractivity contribution in [3.8, 4) is 22.3 Å². The van der Waals surface area contributed by atoms with Gasteiger partial charge in [-0.25, -0.2) is 39.3 Å². The number of hydrogen-bond acceptors (Lipinski definition) is 16. The molecule has 18 nitrogen and oxygen atoms in total. The molecule has 12 rings (SSSR count). The lowest BCUT2D eigenvalue weighted by molar-refractivity contribution is -0.0664. The number of H-pyrrole nitrogens is 1. The molecule has 8 aromatic rings. The summed E-state index contributed by atoms with van der Waals surface area (Å²) in [5, 5.41) is 20.5. The van der Waals surface area contributed by atoms with Crippen LogP contribution in [0.25, 0.3) is 44.3 Å². The van der Waals surface area contributed by atoms with Crippen LogP contribution in [0.4, 0.5) is 4.79 Å². The molecule has 2 saturated heterocycles. The minimum Gasteiger partial charge on any atom is -0.443 e. The van der Waals surface area contributed by atoms with Gasteiger partial charge < -0.3 is 33.3 Å². The zero-order chi connectivity index (χ0) is 50.5. The van der Waals surface area contributed by atoms with Crippen molar-refractivity contribution in [1.82, 2.24) is 49.8 Å². The number of aromatic amines is 1. The number of imidazole rings is 2. The summed E-state index contributed by atoms with van der Waals surface area (Å²) in [5.41, 5.74) is 6.47. The molecule has 8 heterocycles. The Morgan fingerprint density at radius 3 is 1.89 bits per heavy atom. The minimum absolute atomic E-state index is 0.109. The molecule has 0 radical (unpaired) electrons. The van der Waals surface area contributed by atoms with Gasteiger partial charge in [0.15, 0.2) is 21.9 Å². The van der Waals surface area contributed by atoms with Gasteiger partial charge in [0.2, 0.25) is 0 Å². The van der Waals surface area contributed by atoms with Gasteiger partial charge in [0.25, 0.3) is 0 Å². The van der Waals surface area contributed by atoms with Crippen molar-refractivity contribution in [2.45, 2.75) is 135 Å². The van der Waals surface area contributed by atoms with E-state index in [9.17, 15) is 14.7 Å². The summed E-state index contributed by atoms with van der Waals surface area (Å²) in [5.74, 6) is 3.82. The van der Waals surface area contributed by atoms with Crippen molar-refractivity contribution >= 4 is 49.9 Å². The van der Waals surface area contributed by atoms with E-state index in [1.165, 1.54) is 0 Å². The Hall–Kier alpha value is -6.54. The summed E-state index contributed by atoms with van der Waals surface area (Å²) >= 11 is 3.09. The fourth-order valence-electron chi connectivity index (χ4n) is 9.63. The molecule has 4 aliphatic rings. The number of halogens is 1. The van der Waals surface area contributed by atoms with Crippen molar-refractivity contribution in [2.24, 2.45) is 0 Å². The van der Waals surface area contributed by atoms with Gasteiger partial charge in [-0.1, -0.05) is 10.3 Å². The minimum atomic E-state index is -1.54. The molecular formula is C53H57BrN10O8. The van der Waals surface area contributed by atoms with E-state index in [0.29, 0.717) is 82.0 Å². The van der Waals surface area contributed by atoms with Crippen molar-refractivity contribution in [3.63, 3.8) is 0 Å². The van der Waals surface area contributed by atoms with Crippen LogP contribution in [0.2, 0.25) is 0 Å². The number of aromatic nitrogens is 10. The van der Waals surface area contributed by atoms with Gasteiger partial charge in [0.1, 0.15) is 40.4 Å². The number of rotatable bonds is 9. The Labute approximate surface area is 423 Å². The number of aliphatic hydroxyl groups is 1. The number of aryl methyl sites for hydroxylation is 4. The monoisotopic (exact) mass is 1040 g/mol. The fraction of sp³-hybridized carbons (Fsp3) is 0.434. The zero-order valence-corrected chi connectivity index (χ0v) is 42.9. The lowest BCUT2D eigenvalue weighted by Crippen LogP contribution is -2.42. The number of ketones is 1. The van der Waals surface area contributed by atoms with Crippen LogP contribution in [-0.2, 0) is 19.8 Å². The number of ether oxygens (including phenoxy) is 3. The summed E-state index contributed by atoms with van der Waals surface area (Å²) in [6.07, 6.45) is 12.5. The standard InChI is InChI=1S/C25H29N3O5.C24H25N5O3.C4H3BrN2/c1-13-20(14(2)33-27-13)16-11-17(22(29)19-7-6-10-31-19)21-18(12-16)28(23(26-21)15-8-9-15)24(30)32-25(3,4)5;1-13-20(14(2)32-29-13)16-11-17(21-18(12-16)27-22(28-21)15-6-7-15)24(30,19-5-3-10-31-19)23-25-8-4-9-26-23;5-4-6-2-1-3-7-4/h11-12,15,19H,6-10H2,1-5H3;4,8-9,11-12,15,19,30H,3,5-7,10H2,1-2H3,(H,27,28);1-3H. The van der Waals surface area contributed by atoms with Crippen molar-refractivity contribution in [2.75, 3.05) is 13.2 Å². The molecule has 2 saturated carbocycles.